The average molecular weight is 231 g/mol. The van der Waals surface area contributed by atoms with Crippen LogP contribution >= 0.6 is 0 Å². The number of carbonyl (C=O) groups is 1. The van der Waals surface area contributed by atoms with Crippen molar-refractivity contribution in [2.24, 2.45) is 0 Å². The lowest BCUT2D eigenvalue weighted by atomic mass is 9.96. The molecule has 0 spiro atoms. The van der Waals surface area contributed by atoms with E-state index in [4.69, 9.17) is 0 Å². The number of nitrogens with zero attached hydrogens (tertiary/aromatic N) is 1. The Morgan fingerprint density at radius 1 is 1.47 bits per heavy atom. The molecule has 1 aliphatic heterocycles. The van der Waals surface area contributed by atoms with Gasteiger partial charge in [-0.25, -0.2) is 9.18 Å². The zero-order valence-electron chi connectivity index (χ0n) is 9.24. The van der Waals surface area contributed by atoms with Crippen LogP contribution in [0.5, 0.6) is 0 Å². The Hall–Kier alpha value is -1.84. The molecule has 0 aromatic heterocycles. The summed E-state index contributed by atoms with van der Waals surface area (Å²) in [5.74, 6) is 0.180. The van der Waals surface area contributed by atoms with E-state index in [2.05, 4.69) is 10.6 Å². The third-order valence-electron chi connectivity index (χ3n) is 3.37. The number of carbonyl (C=O) groups excluding carboxylic acids is 1. The maximum absolute atomic E-state index is 13.1. The van der Waals surface area contributed by atoms with Gasteiger partial charge in [0.1, 0.15) is 5.82 Å². The highest BCUT2D eigenvalue weighted by Crippen LogP contribution is 2.37. The first-order valence-electron chi connectivity index (χ1n) is 5.72. The molecule has 3 rings (SSSR count). The largest absolute Gasteiger partial charge is 0.345 e. The van der Waals surface area contributed by atoms with Crippen molar-refractivity contribution in [3.8, 4) is 0 Å². The summed E-state index contributed by atoms with van der Waals surface area (Å²) in [7, 11) is 0. The first-order chi connectivity index (χ1) is 8.22. The molecule has 0 saturated heterocycles. The molecular weight excluding hydrogens is 219 g/mol. The van der Waals surface area contributed by atoms with E-state index in [1.165, 1.54) is 11.6 Å². The van der Waals surface area contributed by atoms with Crippen molar-refractivity contribution in [1.82, 2.24) is 10.6 Å². The SMILES string of the molecule is O=C1[N]C(C[C@H]2CCc3cc(F)ccc32)=CN1. The highest BCUT2D eigenvalue weighted by Gasteiger charge is 2.26. The quantitative estimate of drug-likeness (QED) is 0.834. The Kier molecular flexibility index (Phi) is 2.35. The monoisotopic (exact) mass is 231 g/mol. The van der Waals surface area contributed by atoms with Crippen molar-refractivity contribution < 1.29 is 9.18 Å². The zero-order chi connectivity index (χ0) is 11.8. The second kappa shape index (κ2) is 3.87. The van der Waals surface area contributed by atoms with E-state index in [1.54, 1.807) is 12.3 Å². The standard InChI is InChI=1S/C13H12FN2O/c14-10-3-4-12-8(5-10)1-2-9(12)6-11-7-15-13(17)16-11/h3-5,7,9H,1-2,6H2,(H,15,17)/t9-/m1/s1. The number of allylic oxidation sites excluding steroid dienone is 1. The van der Waals surface area contributed by atoms with Gasteiger partial charge in [0.15, 0.2) is 0 Å². The maximum atomic E-state index is 13.1. The van der Waals surface area contributed by atoms with Crippen molar-refractivity contribution >= 4 is 6.03 Å². The maximum Gasteiger partial charge on any atom is 0.345 e. The molecule has 2 aliphatic rings. The fraction of sp³-hybridized carbons (Fsp3) is 0.308. The van der Waals surface area contributed by atoms with Gasteiger partial charge in [0.2, 0.25) is 0 Å². The first-order valence-corrected chi connectivity index (χ1v) is 5.72. The highest BCUT2D eigenvalue weighted by molar-refractivity contribution is 5.79. The molecule has 1 N–H and O–H groups in total. The minimum atomic E-state index is -0.294. The van der Waals surface area contributed by atoms with Gasteiger partial charge in [-0.1, -0.05) is 6.07 Å². The van der Waals surface area contributed by atoms with Gasteiger partial charge in [0, 0.05) is 6.20 Å². The van der Waals surface area contributed by atoms with Crippen LogP contribution in [0.4, 0.5) is 9.18 Å². The Morgan fingerprint density at radius 2 is 2.35 bits per heavy atom. The van der Waals surface area contributed by atoms with Crippen LogP contribution in [0.25, 0.3) is 0 Å². The number of benzene rings is 1. The lowest BCUT2D eigenvalue weighted by Gasteiger charge is -2.10. The molecule has 1 aromatic carbocycles. The Morgan fingerprint density at radius 3 is 3.12 bits per heavy atom. The number of nitrogens with one attached hydrogen (secondary N) is 1. The molecule has 1 aliphatic carbocycles. The average Bonchev–Trinajstić information content (AvgIpc) is 2.86. The predicted molar refractivity (Wildman–Crippen MR) is 60.8 cm³/mol. The molecule has 0 saturated carbocycles. The summed E-state index contributed by atoms with van der Waals surface area (Å²) in [6.07, 6.45) is 4.31. The van der Waals surface area contributed by atoms with Crippen LogP contribution in [0.15, 0.2) is 30.1 Å². The molecule has 2 amide bonds. The Labute approximate surface area is 98.7 Å². The Bertz CT molecular complexity index is 510. The molecule has 0 unspecified atom stereocenters. The molecule has 0 fully saturated rings. The fourth-order valence-corrected chi connectivity index (χ4v) is 2.58. The van der Waals surface area contributed by atoms with Gasteiger partial charge in [0.05, 0.1) is 5.70 Å². The smallest absolute Gasteiger partial charge is 0.311 e. The van der Waals surface area contributed by atoms with Gasteiger partial charge in [-0.05, 0) is 48.4 Å². The second-order valence-electron chi connectivity index (χ2n) is 4.48. The summed E-state index contributed by atoms with van der Waals surface area (Å²) in [6.45, 7) is 0. The number of fused-ring (bicyclic) bond motifs is 1. The van der Waals surface area contributed by atoms with Crippen molar-refractivity contribution in [2.75, 3.05) is 0 Å². The van der Waals surface area contributed by atoms with E-state index in [-0.39, 0.29) is 11.8 Å². The van der Waals surface area contributed by atoms with E-state index in [0.29, 0.717) is 5.92 Å². The van der Waals surface area contributed by atoms with Crippen LogP contribution in [-0.2, 0) is 6.42 Å². The normalized spacial score (nSPS) is 21.8. The predicted octanol–water partition coefficient (Wildman–Crippen LogP) is 2.41. The zero-order valence-corrected chi connectivity index (χ0v) is 9.24. The molecular formula is C13H12FN2O. The van der Waals surface area contributed by atoms with Gasteiger partial charge in [-0.2, -0.15) is 5.32 Å². The summed E-state index contributed by atoms with van der Waals surface area (Å²) in [5, 5.41) is 6.43. The number of hydrogen-bond acceptors (Lipinski definition) is 1. The van der Waals surface area contributed by atoms with Crippen LogP contribution < -0.4 is 10.6 Å². The van der Waals surface area contributed by atoms with E-state index in [9.17, 15) is 9.18 Å². The molecule has 87 valence electrons. The number of urea groups is 1. The number of amides is 2. The molecule has 3 nitrogen and oxygen atoms in total. The van der Waals surface area contributed by atoms with Crippen LogP contribution in [0, 0.1) is 5.82 Å². The van der Waals surface area contributed by atoms with Gasteiger partial charge in [0.25, 0.3) is 0 Å². The van der Waals surface area contributed by atoms with Gasteiger partial charge in [-0.3, -0.25) is 0 Å². The van der Waals surface area contributed by atoms with Crippen molar-refractivity contribution in [3.05, 3.63) is 47.0 Å². The fourth-order valence-electron chi connectivity index (χ4n) is 2.58. The summed E-state index contributed by atoms with van der Waals surface area (Å²) in [4.78, 5) is 10.9. The van der Waals surface area contributed by atoms with Crippen LogP contribution in [0.1, 0.15) is 29.9 Å². The molecule has 1 heterocycles. The lowest BCUT2D eigenvalue weighted by molar-refractivity contribution is 0.248. The summed E-state index contributed by atoms with van der Waals surface area (Å²) >= 11 is 0. The summed E-state index contributed by atoms with van der Waals surface area (Å²) in [6, 6.07) is 4.67. The van der Waals surface area contributed by atoms with E-state index in [1.807, 2.05) is 6.07 Å². The first kappa shape index (κ1) is 10.3. The summed E-state index contributed by atoms with van der Waals surface area (Å²) in [5.41, 5.74) is 3.08. The molecule has 1 atom stereocenters. The van der Waals surface area contributed by atoms with E-state index in [0.717, 1.165) is 30.5 Å². The number of halogens is 1. The number of rotatable bonds is 2. The lowest BCUT2D eigenvalue weighted by Crippen LogP contribution is -2.16. The minimum absolute atomic E-state index is 0.175. The molecule has 17 heavy (non-hydrogen) atoms. The van der Waals surface area contributed by atoms with Crippen molar-refractivity contribution in [1.29, 1.82) is 0 Å². The minimum Gasteiger partial charge on any atom is -0.311 e. The molecule has 4 heteroatoms. The van der Waals surface area contributed by atoms with E-state index < -0.39 is 0 Å². The third-order valence-corrected chi connectivity index (χ3v) is 3.37. The van der Waals surface area contributed by atoms with Gasteiger partial charge in [-0.15, -0.1) is 0 Å². The van der Waals surface area contributed by atoms with E-state index >= 15 is 0 Å². The summed E-state index contributed by atoms with van der Waals surface area (Å²) < 4.78 is 13.1. The number of aryl methyl sites for hydroxylation is 1. The van der Waals surface area contributed by atoms with Gasteiger partial charge < -0.3 is 5.32 Å². The number of hydrogen-bond donors (Lipinski definition) is 1. The van der Waals surface area contributed by atoms with Crippen LogP contribution in [0.3, 0.4) is 0 Å². The second-order valence-corrected chi connectivity index (χ2v) is 4.48. The molecule has 0 bridgehead atoms. The van der Waals surface area contributed by atoms with Gasteiger partial charge >= 0.3 is 6.03 Å². The van der Waals surface area contributed by atoms with Crippen LogP contribution in [0.2, 0.25) is 0 Å². The Balaban J connectivity index is 1.78. The topological polar surface area (TPSA) is 43.2 Å². The molecule has 1 radical (unpaired) electrons. The van der Waals surface area contributed by atoms with Crippen molar-refractivity contribution in [2.45, 2.75) is 25.2 Å². The third kappa shape index (κ3) is 1.90. The molecule has 1 aromatic rings. The highest BCUT2D eigenvalue weighted by atomic mass is 19.1. The van der Waals surface area contributed by atoms with Crippen LogP contribution in [-0.4, -0.2) is 6.03 Å². The van der Waals surface area contributed by atoms with Crippen molar-refractivity contribution in [3.63, 3.8) is 0 Å².